The van der Waals surface area contributed by atoms with E-state index in [1.165, 1.54) is 0 Å². The number of carboxylic acids is 1. The maximum atomic E-state index is 12.8. The smallest absolute Gasteiger partial charge is 0.341 e. The van der Waals surface area contributed by atoms with Crippen LogP contribution in [0.15, 0.2) is 58.5 Å². The van der Waals surface area contributed by atoms with Gasteiger partial charge < -0.3 is 20.5 Å². The van der Waals surface area contributed by atoms with Crippen LogP contribution < -0.4 is 5.73 Å². The molecular formula is C22H25N3O5. The fourth-order valence-corrected chi connectivity index (χ4v) is 4.08. The number of carboxylic acid groups (broad SMARTS) is 1. The molecule has 3 rings (SSSR count). The molecule has 8 nitrogen and oxygen atoms in total. The van der Waals surface area contributed by atoms with E-state index in [-0.39, 0.29) is 23.4 Å². The number of carbonyl (C=O) groups is 3. The van der Waals surface area contributed by atoms with Crippen LogP contribution >= 0.6 is 0 Å². The van der Waals surface area contributed by atoms with Gasteiger partial charge in [-0.15, -0.1) is 0 Å². The molecule has 30 heavy (non-hydrogen) atoms. The lowest BCUT2D eigenvalue weighted by atomic mass is 9.84. The number of amides is 1. The van der Waals surface area contributed by atoms with E-state index in [2.05, 4.69) is 4.99 Å². The molecule has 158 valence electrons. The summed E-state index contributed by atoms with van der Waals surface area (Å²) in [4.78, 5) is 41.9. The highest BCUT2D eigenvalue weighted by atomic mass is 16.5. The van der Waals surface area contributed by atoms with Crippen LogP contribution in [0.1, 0.15) is 32.3 Å². The minimum absolute atomic E-state index is 0.0265. The van der Waals surface area contributed by atoms with Gasteiger partial charge >= 0.3 is 5.97 Å². The molecule has 0 saturated heterocycles. The topological polar surface area (TPSA) is 122 Å². The number of aliphatic imine (C=N–C) groups is 1. The molecule has 0 saturated carbocycles. The molecule has 3 N–H and O–H groups in total. The first-order valence-corrected chi connectivity index (χ1v) is 9.86. The zero-order chi connectivity index (χ0) is 21.8. The molecule has 2 atom stereocenters. The largest absolute Gasteiger partial charge is 0.479 e. The summed E-state index contributed by atoms with van der Waals surface area (Å²) in [5.41, 5.74) is 7.64. The Hall–Kier alpha value is -3.42. The molecule has 0 fully saturated rings. The molecule has 2 heterocycles. The van der Waals surface area contributed by atoms with E-state index in [1.54, 1.807) is 13.1 Å². The zero-order valence-electron chi connectivity index (χ0n) is 17.0. The van der Waals surface area contributed by atoms with Crippen molar-refractivity contribution in [1.29, 1.82) is 0 Å². The first kappa shape index (κ1) is 21.3. The van der Waals surface area contributed by atoms with Crippen LogP contribution in [-0.2, 0) is 25.5 Å². The van der Waals surface area contributed by atoms with E-state index in [4.69, 9.17) is 15.6 Å². The summed E-state index contributed by atoms with van der Waals surface area (Å²) < 4.78 is 5.42. The lowest BCUT2D eigenvalue weighted by molar-refractivity contribution is -0.139. The van der Waals surface area contributed by atoms with Crippen LogP contribution in [0, 0.1) is 5.92 Å². The van der Waals surface area contributed by atoms with Gasteiger partial charge in [-0.05, 0) is 25.3 Å². The second-order valence-electron chi connectivity index (χ2n) is 7.39. The van der Waals surface area contributed by atoms with E-state index >= 15 is 0 Å². The Bertz CT molecular complexity index is 949. The van der Waals surface area contributed by atoms with Crippen LogP contribution in [0.5, 0.6) is 0 Å². The van der Waals surface area contributed by atoms with Crippen molar-refractivity contribution in [2.75, 3.05) is 6.61 Å². The van der Waals surface area contributed by atoms with E-state index in [0.717, 1.165) is 12.0 Å². The summed E-state index contributed by atoms with van der Waals surface area (Å²) in [5, 5.41) is 9.03. The Morgan fingerprint density at radius 3 is 2.53 bits per heavy atom. The molecule has 1 aromatic rings. The predicted molar refractivity (Wildman–Crippen MR) is 110 cm³/mol. The number of nitrogens with two attached hydrogens (primary N) is 1. The Kier molecular flexibility index (Phi) is 6.34. The number of hydrogen-bond donors (Lipinski definition) is 2. The summed E-state index contributed by atoms with van der Waals surface area (Å²) in [6, 6.07) is 9.68. The highest BCUT2D eigenvalue weighted by Gasteiger charge is 2.46. The molecular weight excluding hydrogens is 386 g/mol. The molecule has 0 aliphatic carbocycles. The van der Waals surface area contributed by atoms with Crippen molar-refractivity contribution >= 4 is 23.6 Å². The number of primary amides is 1. The van der Waals surface area contributed by atoms with Crippen LogP contribution in [-0.4, -0.2) is 46.2 Å². The Labute approximate surface area is 174 Å². The molecule has 2 aliphatic rings. The standard InChI is InChI=1S/C22H25N3O5/c1-3-7-15-16(10-14-8-5-4-6-9-14)25-11-13(2)24-22(30-12-17(26)27)19(25)18(15)20(28)21(23)29/h4-6,8-9,11,15-16H,3,7,10,12H2,1-2H3,(H2,23,29)(H,26,27). The fourth-order valence-electron chi connectivity index (χ4n) is 4.08. The van der Waals surface area contributed by atoms with Gasteiger partial charge in [-0.25, -0.2) is 9.79 Å². The van der Waals surface area contributed by atoms with Crippen LogP contribution in [0.4, 0.5) is 0 Å². The average Bonchev–Trinajstić information content (AvgIpc) is 2.99. The van der Waals surface area contributed by atoms with E-state index in [0.29, 0.717) is 24.2 Å². The van der Waals surface area contributed by atoms with Crippen molar-refractivity contribution in [1.82, 2.24) is 4.90 Å². The summed E-state index contributed by atoms with van der Waals surface area (Å²) in [6.45, 7) is 3.16. The van der Waals surface area contributed by atoms with Crippen LogP contribution in [0.3, 0.4) is 0 Å². The van der Waals surface area contributed by atoms with Crippen molar-refractivity contribution in [3.8, 4) is 0 Å². The van der Waals surface area contributed by atoms with Crippen molar-refractivity contribution in [2.24, 2.45) is 16.6 Å². The highest BCUT2D eigenvalue weighted by molar-refractivity contribution is 6.43. The molecule has 0 aromatic heterocycles. The van der Waals surface area contributed by atoms with Gasteiger partial charge in [-0.2, -0.15) is 0 Å². The molecule has 1 amide bonds. The van der Waals surface area contributed by atoms with Crippen LogP contribution in [0.2, 0.25) is 0 Å². The van der Waals surface area contributed by atoms with Crippen molar-refractivity contribution in [3.63, 3.8) is 0 Å². The molecule has 0 bridgehead atoms. The second-order valence-corrected chi connectivity index (χ2v) is 7.39. The Morgan fingerprint density at radius 2 is 1.93 bits per heavy atom. The van der Waals surface area contributed by atoms with E-state index < -0.39 is 24.3 Å². The molecule has 0 spiro atoms. The molecule has 8 heteroatoms. The third-order valence-electron chi connectivity index (χ3n) is 5.20. The number of nitrogens with zero attached hydrogens (tertiary/aromatic N) is 2. The molecule has 1 aromatic carbocycles. The van der Waals surface area contributed by atoms with Crippen LogP contribution in [0.25, 0.3) is 0 Å². The number of ketones is 1. The molecule has 2 aliphatic heterocycles. The number of rotatable bonds is 8. The van der Waals surface area contributed by atoms with Gasteiger partial charge in [0.25, 0.3) is 5.91 Å². The number of aliphatic carboxylic acids is 1. The third-order valence-corrected chi connectivity index (χ3v) is 5.20. The van der Waals surface area contributed by atoms with Gasteiger partial charge in [0.15, 0.2) is 6.61 Å². The Balaban J connectivity index is 2.11. The van der Waals surface area contributed by atoms with Gasteiger partial charge in [0, 0.05) is 23.7 Å². The van der Waals surface area contributed by atoms with Crippen molar-refractivity contribution < 1.29 is 24.2 Å². The first-order chi connectivity index (χ1) is 14.3. The monoisotopic (exact) mass is 411 g/mol. The van der Waals surface area contributed by atoms with Crippen molar-refractivity contribution in [3.05, 3.63) is 59.1 Å². The SMILES string of the molecule is CCCC1C(C(=O)C(N)=O)=C2C(OCC(=O)O)=NC(C)=CN2C1Cc1ccccc1. The summed E-state index contributed by atoms with van der Waals surface area (Å²) in [6.07, 6.45) is 3.88. The number of carbonyl (C=O) groups excluding carboxylic acids is 2. The van der Waals surface area contributed by atoms with Gasteiger partial charge in [-0.3, -0.25) is 9.59 Å². The number of hydrogen-bond acceptors (Lipinski definition) is 6. The number of benzene rings is 1. The minimum atomic E-state index is -1.16. The Morgan fingerprint density at radius 1 is 1.23 bits per heavy atom. The number of Topliss-reactive ketones (excluding diaryl/α,β-unsaturated/α-hetero) is 1. The van der Waals surface area contributed by atoms with Gasteiger partial charge in [-0.1, -0.05) is 43.7 Å². The van der Waals surface area contributed by atoms with Crippen molar-refractivity contribution in [2.45, 2.75) is 39.2 Å². The fraction of sp³-hybridized carbons (Fsp3) is 0.364. The van der Waals surface area contributed by atoms with Gasteiger partial charge in [0.1, 0.15) is 5.70 Å². The van der Waals surface area contributed by atoms with E-state index in [9.17, 15) is 14.4 Å². The highest BCUT2D eigenvalue weighted by Crippen LogP contribution is 2.42. The lowest BCUT2D eigenvalue weighted by Gasteiger charge is -2.32. The molecule has 0 radical (unpaired) electrons. The normalized spacial score (nSPS) is 20.4. The number of allylic oxidation sites excluding steroid dienone is 1. The van der Waals surface area contributed by atoms with Gasteiger partial charge in [0.2, 0.25) is 11.7 Å². The average molecular weight is 411 g/mol. The lowest BCUT2D eigenvalue weighted by Crippen LogP contribution is -2.36. The zero-order valence-corrected chi connectivity index (χ0v) is 17.0. The quantitative estimate of drug-likeness (QED) is 0.631. The third kappa shape index (κ3) is 4.27. The summed E-state index contributed by atoms with van der Waals surface area (Å²) >= 11 is 0. The van der Waals surface area contributed by atoms with E-state index in [1.807, 2.05) is 42.2 Å². The minimum Gasteiger partial charge on any atom is -0.479 e. The summed E-state index contributed by atoms with van der Waals surface area (Å²) in [5.74, 6) is -3.25. The number of ether oxygens (including phenoxy) is 1. The second kappa shape index (κ2) is 8.94. The maximum absolute atomic E-state index is 12.8. The van der Waals surface area contributed by atoms with Gasteiger partial charge in [0.05, 0.1) is 5.70 Å². The number of fused-ring (bicyclic) bond motifs is 1. The predicted octanol–water partition coefficient (Wildman–Crippen LogP) is 2.01. The summed E-state index contributed by atoms with van der Waals surface area (Å²) in [7, 11) is 0. The molecule has 2 unspecified atom stereocenters. The maximum Gasteiger partial charge on any atom is 0.341 e. The first-order valence-electron chi connectivity index (χ1n) is 9.86.